The summed E-state index contributed by atoms with van der Waals surface area (Å²) in [7, 11) is 0. The van der Waals surface area contributed by atoms with E-state index < -0.39 is 0 Å². The average Bonchev–Trinajstić information content (AvgIpc) is 3.11. The maximum absolute atomic E-state index is 4.24. The van der Waals surface area contributed by atoms with Crippen molar-refractivity contribution in [3.05, 3.63) is 11.9 Å². The number of aryl methyl sites for hydroxylation is 1. The van der Waals surface area contributed by atoms with Gasteiger partial charge in [0.25, 0.3) is 0 Å². The van der Waals surface area contributed by atoms with E-state index in [0.717, 1.165) is 25.4 Å². The molecule has 1 atom stereocenters. The van der Waals surface area contributed by atoms with Crippen LogP contribution in [-0.2, 0) is 6.54 Å². The van der Waals surface area contributed by atoms with Gasteiger partial charge in [0.05, 0.1) is 17.9 Å². The minimum atomic E-state index is 0.428. The van der Waals surface area contributed by atoms with Crippen LogP contribution in [0, 0.1) is 5.92 Å². The molecule has 4 heteroatoms. The highest BCUT2D eigenvalue weighted by Crippen LogP contribution is 2.31. The summed E-state index contributed by atoms with van der Waals surface area (Å²) >= 11 is 0. The van der Waals surface area contributed by atoms with Crippen molar-refractivity contribution in [1.82, 2.24) is 20.3 Å². The molecule has 2 rings (SSSR count). The summed E-state index contributed by atoms with van der Waals surface area (Å²) in [5, 5.41) is 12.1. The van der Waals surface area contributed by atoms with E-state index in [4.69, 9.17) is 0 Å². The molecule has 1 aliphatic rings. The highest BCUT2D eigenvalue weighted by atomic mass is 15.4. The number of aromatic nitrogens is 3. The van der Waals surface area contributed by atoms with Crippen molar-refractivity contribution in [3.63, 3.8) is 0 Å². The molecule has 4 nitrogen and oxygen atoms in total. The van der Waals surface area contributed by atoms with Crippen LogP contribution in [0.4, 0.5) is 0 Å². The van der Waals surface area contributed by atoms with Gasteiger partial charge in [-0.05, 0) is 38.1 Å². The first kappa shape index (κ1) is 15.5. The van der Waals surface area contributed by atoms with Gasteiger partial charge < -0.3 is 5.32 Å². The van der Waals surface area contributed by atoms with Crippen molar-refractivity contribution in [2.24, 2.45) is 5.92 Å². The van der Waals surface area contributed by atoms with Gasteiger partial charge in [0.1, 0.15) is 0 Å². The summed E-state index contributed by atoms with van der Waals surface area (Å²) in [5.41, 5.74) is 1.28. The van der Waals surface area contributed by atoms with Crippen molar-refractivity contribution < 1.29 is 0 Å². The lowest BCUT2D eigenvalue weighted by atomic mass is 9.97. The standard InChI is InChI=1S/C16H30N4/c1-3-11-17-15(10-9-14-7-5-6-8-14)16-13-18-19-20(16)12-4-2/h13-15,17H,3-12H2,1-2H3. The van der Waals surface area contributed by atoms with Crippen molar-refractivity contribution in [2.75, 3.05) is 6.54 Å². The Morgan fingerprint density at radius 1 is 1.30 bits per heavy atom. The third kappa shape index (κ3) is 4.30. The second-order valence-corrected chi connectivity index (χ2v) is 6.12. The van der Waals surface area contributed by atoms with Gasteiger partial charge in [-0.1, -0.05) is 44.7 Å². The molecule has 1 unspecified atom stereocenters. The lowest BCUT2D eigenvalue weighted by Crippen LogP contribution is -2.25. The van der Waals surface area contributed by atoms with Crippen LogP contribution >= 0.6 is 0 Å². The molecule has 1 heterocycles. The molecule has 1 aromatic rings. The molecule has 1 saturated carbocycles. The predicted molar refractivity (Wildman–Crippen MR) is 82.5 cm³/mol. The number of nitrogens with zero attached hydrogens (tertiary/aromatic N) is 3. The molecule has 0 spiro atoms. The number of rotatable bonds is 9. The highest BCUT2D eigenvalue weighted by molar-refractivity contribution is 5.02. The zero-order valence-electron chi connectivity index (χ0n) is 13.1. The third-order valence-corrected chi connectivity index (χ3v) is 4.42. The fourth-order valence-corrected chi connectivity index (χ4v) is 3.30. The van der Waals surface area contributed by atoms with E-state index >= 15 is 0 Å². The maximum Gasteiger partial charge on any atom is 0.0756 e. The van der Waals surface area contributed by atoms with Gasteiger partial charge in [-0.15, -0.1) is 5.10 Å². The smallest absolute Gasteiger partial charge is 0.0756 e. The molecule has 0 saturated heterocycles. The number of nitrogens with one attached hydrogen (secondary N) is 1. The summed E-state index contributed by atoms with van der Waals surface area (Å²) in [6, 6.07) is 0.428. The Balaban J connectivity index is 1.95. The van der Waals surface area contributed by atoms with Crippen molar-refractivity contribution in [2.45, 2.75) is 77.8 Å². The van der Waals surface area contributed by atoms with Crippen LogP contribution in [0.3, 0.4) is 0 Å². The van der Waals surface area contributed by atoms with Gasteiger partial charge in [0.2, 0.25) is 0 Å². The zero-order chi connectivity index (χ0) is 14.2. The SMILES string of the molecule is CCCNC(CCC1CCCC1)c1cnnn1CCC. The molecule has 0 radical (unpaired) electrons. The van der Waals surface area contributed by atoms with Gasteiger partial charge in [-0.2, -0.15) is 0 Å². The van der Waals surface area contributed by atoms with Crippen molar-refractivity contribution in [3.8, 4) is 0 Å². The van der Waals surface area contributed by atoms with Crippen LogP contribution in [0.1, 0.15) is 76.9 Å². The van der Waals surface area contributed by atoms with Gasteiger partial charge >= 0.3 is 0 Å². The molecule has 1 aromatic heterocycles. The predicted octanol–water partition coefficient (Wildman–Crippen LogP) is 3.70. The molecule has 0 amide bonds. The minimum Gasteiger partial charge on any atom is -0.309 e. The fraction of sp³-hybridized carbons (Fsp3) is 0.875. The largest absolute Gasteiger partial charge is 0.309 e. The van der Waals surface area contributed by atoms with E-state index in [-0.39, 0.29) is 0 Å². The molecule has 0 aromatic carbocycles. The topological polar surface area (TPSA) is 42.7 Å². The van der Waals surface area contributed by atoms with Crippen molar-refractivity contribution in [1.29, 1.82) is 0 Å². The van der Waals surface area contributed by atoms with Gasteiger partial charge in [-0.3, -0.25) is 0 Å². The average molecular weight is 278 g/mol. The Labute approximate surface area is 123 Å². The van der Waals surface area contributed by atoms with Gasteiger partial charge in [0.15, 0.2) is 0 Å². The first-order valence-electron chi connectivity index (χ1n) is 8.46. The molecule has 1 N–H and O–H groups in total. The molecule has 114 valence electrons. The normalized spacial score (nSPS) is 17.7. The zero-order valence-corrected chi connectivity index (χ0v) is 13.1. The molecular weight excluding hydrogens is 248 g/mol. The van der Waals surface area contributed by atoms with E-state index in [1.807, 2.05) is 6.20 Å². The van der Waals surface area contributed by atoms with Crippen LogP contribution in [-0.4, -0.2) is 21.5 Å². The van der Waals surface area contributed by atoms with Crippen LogP contribution < -0.4 is 5.32 Å². The van der Waals surface area contributed by atoms with Crippen LogP contribution in [0.15, 0.2) is 6.20 Å². The summed E-state index contributed by atoms with van der Waals surface area (Å²) in [6.07, 6.45) is 12.6. The van der Waals surface area contributed by atoms with Gasteiger partial charge in [-0.25, -0.2) is 4.68 Å². The minimum absolute atomic E-state index is 0.428. The fourth-order valence-electron chi connectivity index (χ4n) is 3.30. The Bertz CT molecular complexity index is 368. The van der Waals surface area contributed by atoms with E-state index in [1.165, 1.54) is 50.6 Å². The Morgan fingerprint density at radius 2 is 2.10 bits per heavy atom. The molecule has 0 bridgehead atoms. The second-order valence-electron chi connectivity index (χ2n) is 6.12. The highest BCUT2D eigenvalue weighted by Gasteiger charge is 2.20. The van der Waals surface area contributed by atoms with E-state index in [0.29, 0.717) is 6.04 Å². The van der Waals surface area contributed by atoms with Crippen LogP contribution in [0.2, 0.25) is 0 Å². The Kier molecular flexibility index (Phi) is 6.51. The Morgan fingerprint density at radius 3 is 2.80 bits per heavy atom. The van der Waals surface area contributed by atoms with Gasteiger partial charge in [0, 0.05) is 6.54 Å². The first-order valence-corrected chi connectivity index (χ1v) is 8.46. The summed E-state index contributed by atoms with van der Waals surface area (Å²) in [4.78, 5) is 0. The first-order chi connectivity index (χ1) is 9.85. The van der Waals surface area contributed by atoms with Crippen molar-refractivity contribution >= 4 is 0 Å². The van der Waals surface area contributed by atoms with Crippen LogP contribution in [0.25, 0.3) is 0 Å². The Hall–Kier alpha value is -0.900. The quantitative estimate of drug-likeness (QED) is 0.749. The number of hydrogen-bond donors (Lipinski definition) is 1. The number of hydrogen-bond acceptors (Lipinski definition) is 3. The lowest BCUT2D eigenvalue weighted by Gasteiger charge is -2.21. The second kappa shape index (κ2) is 8.40. The molecular formula is C16H30N4. The summed E-state index contributed by atoms with van der Waals surface area (Å²) < 4.78 is 2.09. The van der Waals surface area contributed by atoms with E-state index in [1.54, 1.807) is 0 Å². The monoisotopic (exact) mass is 278 g/mol. The van der Waals surface area contributed by atoms with E-state index in [2.05, 4.69) is 34.2 Å². The summed E-state index contributed by atoms with van der Waals surface area (Å²) in [6.45, 7) is 6.47. The lowest BCUT2D eigenvalue weighted by molar-refractivity contribution is 0.390. The maximum atomic E-state index is 4.24. The molecule has 1 aliphatic carbocycles. The van der Waals surface area contributed by atoms with Crippen LogP contribution in [0.5, 0.6) is 0 Å². The molecule has 0 aliphatic heterocycles. The van der Waals surface area contributed by atoms with E-state index in [9.17, 15) is 0 Å². The summed E-state index contributed by atoms with van der Waals surface area (Å²) in [5.74, 6) is 0.955. The molecule has 1 fully saturated rings. The third-order valence-electron chi connectivity index (χ3n) is 4.42. The molecule has 20 heavy (non-hydrogen) atoms.